The van der Waals surface area contributed by atoms with Gasteiger partial charge in [0.1, 0.15) is 10.8 Å². The van der Waals surface area contributed by atoms with Crippen LogP contribution in [-0.2, 0) is 5.75 Å². The van der Waals surface area contributed by atoms with Crippen molar-refractivity contribution in [2.75, 3.05) is 0 Å². The molecule has 0 bridgehead atoms. The summed E-state index contributed by atoms with van der Waals surface area (Å²) < 4.78 is 14.8. The molecule has 0 aliphatic heterocycles. The Morgan fingerprint density at radius 1 is 0.923 bits per heavy atom. The van der Waals surface area contributed by atoms with Crippen LogP contribution in [0.3, 0.4) is 0 Å². The predicted octanol–water partition coefficient (Wildman–Crippen LogP) is 5.53. The van der Waals surface area contributed by atoms with E-state index in [4.69, 9.17) is 23.2 Å². The molecule has 2 aromatic carbocycles. The summed E-state index contributed by atoms with van der Waals surface area (Å²) in [5.74, 6) is 0.967. The number of halogens is 3. The van der Waals surface area contributed by atoms with E-state index >= 15 is 0 Å². The van der Waals surface area contributed by atoms with Gasteiger partial charge in [0.05, 0.1) is 10.0 Å². The molecule has 0 aliphatic rings. The van der Waals surface area contributed by atoms with Gasteiger partial charge in [-0.25, -0.2) is 4.39 Å². The topological polar surface area (TPSA) is 43.1 Å². The highest BCUT2D eigenvalue weighted by Gasteiger charge is 2.11. The van der Waals surface area contributed by atoms with Crippen LogP contribution in [0.25, 0.3) is 17.0 Å². The van der Waals surface area contributed by atoms with Crippen molar-refractivity contribution < 1.29 is 4.39 Å². The van der Waals surface area contributed by atoms with E-state index in [-0.39, 0.29) is 5.82 Å². The molecule has 26 heavy (non-hydrogen) atoms. The lowest BCUT2D eigenvalue weighted by Gasteiger charge is -2.05. The van der Waals surface area contributed by atoms with Crippen molar-refractivity contribution in [1.82, 2.24) is 19.8 Å². The summed E-state index contributed by atoms with van der Waals surface area (Å²) in [6, 6.07) is 15.4. The number of thioether (sulfide) groups is 1. The normalized spacial score (nSPS) is 11.2. The van der Waals surface area contributed by atoms with E-state index in [1.165, 1.54) is 12.1 Å². The molecule has 0 amide bonds. The number of hydrogen-bond donors (Lipinski definition) is 0. The fraction of sp³-hybridized carbons (Fsp3) is 0.0556. The summed E-state index contributed by atoms with van der Waals surface area (Å²) in [7, 11) is 0. The SMILES string of the molecule is Fc1ccc(-c2nnc3ccc(SCc4ccc(Cl)c(Cl)c4)nn23)cc1. The fourth-order valence-electron chi connectivity index (χ4n) is 2.41. The molecule has 4 rings (SSSR count). The Bertz CT molecular complexity index is 1080. The maximum atomic E-state index is 13.1. The summed E-state index contributed by atoms with van der Waals surface area (Å²) in [5.41, 5.74) is 2.43. The maximum Gasteiger partial charge on any atom is 0.185 e. The fourth-order valence-corrected chi connectivity index (χ4v) is 3.53. The van der Waals surface area contributed by atoms with Gasteiger partial charge in [-0.05, 0) is 54.1 Å². The number of nitrogens with zero attached hydrogens (tertiary/aromatic N) is 4. The molecule has 8 heteroatoms. The lowest BCUT2D eigenvalue weighted by atomic mass is 10.2. The second kappa shape index (κ2) is 7.23. The Labute approximate surface area is 163 Å². The van der Waals surface area contributed by atoms with Crippen LogP contribution in [0.1, 0.15) is 5.56 Å². The van der Waals surface area contributed by atoms with E-state index in [1.807, 2.05) is 24.3 Å². The van der Waals surface area contributed by atoms with Crippen LogP contribution in [-0.4, -0.2) is 19.8 Å². The van der Waals surface area contributed by atoms with Crippen LogP contribution >= 0.6 is 35.0 Å². The lowest BCUT2D eigenvalue weighted by molar-refractivity contribution is 0.628. The van der Waals surface area contributed by atoms with Gasteiger partial charge in [0.2, 0.25) is 0 Å². The Morgan fingerprint density at radius 2 is 1.73 bits per heavy atom. The van der Waals surface area contributed by atoms with Crippen molar-refractivity contribution in [3.63, 3.8) is 0 Å². The largest absolute Gasteiger partial charge is 0.207 e. The third-order valence-electron chi connectivity index (χ3n) is 3.71. The molecule has 0 aliphatic carbocycles. The number of fused-ring (bicyclic) bond motifs is 1. The van der Waals surface area contributed by atoms with Crippen LogP contribution < -0.4 is 0 Å². The van der Waals surface area contributed by atoms with E-state index < -0.39 is 0 Å². The van der Waals surface area contributed by atoms with Gasteiger partial charge in [0.25, 0.3) is 0 Å². The Balaban J connectivity index is 1.61. The second-order valence-electron chi connectivity index (χ2n) is 5.51. The predicted molar refractivity (Wildman–Crippen MR) is 102 cm³/mol. The average Bonchev–Trinajstić information content (AvgIpc) is 3.06. The van der Waals surface area contributed by atoms with Crippen molar-refractivity contribution in [1.29, 1.82) is 0 Å². The van der Waals surface area contributed by atoms with Gasteiger partial charge in [0, 0.05) is 11.3 Å². The summed E-state index contributed by atoms with van der Waals surface area (Å²) in [5, 5.41) is 14.7. The summed E-state index contributed by atoms with van der Waals surface area (Å²) in [6.07, 6.45) is 0. The molecule has 130 valence electrons. The first-order chi connectivity index (χ1) is 12.6. The number of aromatic nitrogens is 4. The zero-order valence-corrected chi connectivity index (χ0v) is 15.6. The Kier molecular flexibility index (Phi) is 4.80. The minimum Gasteiger partial charge on any atom is -0.207 e. The van der Waals surface area contributed by atoms with Crippen LogP contribution in [0, 0.1) is 5.82 Å². The molecule has 0 fully saturated rings. The zero-order chi connectivity index (χ0) is 18.1. The van der Waals surface area contributed by atoms with E-state index in [2.05, 4.69) is 15.3 Å². The first-order valence-electron chi connectivity index (χ1n) is 7.65. The first kappa shape index (κ1) is 17.3. The number of rotatable bonds is 4. The Hall–Kier alpha value is -2.15. The van der Waals surface area contributed by atoms with Gasteiger partial charge in [0.15, 0.2) is 11.5 Å². The molecular weight excluding hydrogens is 394 g/mol. The van der Waals surface area contributed by atoms with Gasteiger partial charge < -0.3 is 0 Å². The average molecular weight is 405 g/mol. The third kappa shape index (κ3) is 3.53. The van der Waals surface area contributed by atoms with Crippen molar-refractivity contribution in [3.05, 3.63) is 76.0 Å². The van der Waals surface area contributed by atoms with Crippen LogP contribution in [0.2, 0.25) is 10.0 Å². The quantitative estimate of drug-likeness (QED) is 0.419. The van der Waals surface area contributed by atoms with Gasteiger partial charge in [-0.15, -0.1) is 10.2 Å². The van der Waals surface area contributed by atoms with Gasteiger partial charge >= 0.3 is 0 Å². The molecular formula is C18H11Cl2FN4S. The smallest absolute Gasteiger partial charge is 0.185 e. The molecule has 0 spiro atoms. The van der Waals surface area contributed by atoms with Crippen LogP contribution in [0.5, 0.6) is 0 Å². The highest BCUT2D eigenvalue weighted by Crippen LogP contribution is 2.27. The van der Waals surface area contributed by atoms with E-state index in [0.717, 1.165) is 16.2 Å². The van der Waals surface area contributed by atoms with Crippen molar-refractivity contribution in [2.24, 2.45) is 0 Å². The summed E-state index contributed by atoms with van der Waals surface area (Å²) in [4.78, 5) is 0. The standard InChI is InChI=1S/C18H11Cl2FN4S/c19-14-6-1-11(9-15(14)20)10-26-17-8-7-16-22-23-18(25(16)24-17)12-2-4-13(21)5-3-12/h1-9H,10H2. The highest BCUT2D eigenvalue weighted by molar-refractivity contribution is 7.98. The molecule has 0 radical (unpaired) electrons. The molecule has 0 N–H and O–H groups in total. The van der Waals surface area contributed by atoms with Crippen LogP contribution in [0.4, 0.5) is 4.39 Å². The first-order valence-corrected chi connectivity index (χ1v) is 9.39. The van der Waals surface area contributed by atoms with Crippen molar-refractivity contribution >= 4 is 40.6 Å². The highest BCUT2D eigenvalue weighted by atomic mass is 35.5. The summed E-state index contributed by atoms with van der Waals surface area (Å²) >= 11 is 13.6. The molecule has 0 atom stereocenters. The zero-order valence-electron chi connectivity index (χ0n) is 13.2. The van der Waals surface area contributed by atoms with Crippen molar-refractivity contribution in [2.45, 2.75) is 10.8 Å². The summed E-state index contributed by atoms with van der Waals surface area (Å²) in [6.45, 7) is 0. The van der Waals surface area contributed by atoms with Gasteiger partial charge in [-0.2, -0.15) is 9.61 Å². The second-order valence-corrected chi connectivity index (χ2v) is 7.32. The number of hydrogen-bond acceptors (Lipinski definition) is 4. The third-order valence-corrected chi connectivity index (χ3v) is 5.44. The molecule has 4 aromatic rings. The van der Waals surface area contributed by atoms with Gasteiger partial charge in [-0.3, -0.25) is 0 Å². The molecule has 2 heterocycles. The Morgan fingerprint density at radius 3 is 2.50 bits per heavy atom. The minimum atomic E-state index is -0.298. The molecule has 0 saturated carbocycles. The molecule has 4 nitrogen and oxygen atoms in total. The monoisotopic (exact) mass is 404 g/mol. The van der Waals surface area contributed by atoms with E-state index in [1.54, 1.807) is 34.5 Å². The van der Waals surface area contributed by atoms with E-state index in [0.29, 0.717) is 27.3 Å². The van der Waals surface area contributed by atoms with Crippen molar-refractivity contribution in [3.8, 4) is 11.4 Å². The molecule has 2 aromatic heterocycles. The van der Waals surface area contributed by atoms with E-state index in [9.17, 15) is 4.39 Å². The van der Waals surface area contributed by atoms with Gasteiger partial charge in [-0.1, -0.05) is 41.0 Å². The molecule has 0 saturated heterocycles. The molecule has 0 unspecified atom stereocenters. The minimum absolute atomic E-state index is 0.298. The van der Waals surface area contributed by atoms with Crippen LogP contribution in [0.15, 0.2) is 59.6 Å². The lowest BCUT2D eigenvalue weighted by Crippen LogP contribution is -1.96. The maximum absolute atomic E-state index is 13.1. The number of benzene rings is 2.